The van der Waals surface area contributed by atoms with E-state index in [0.29, 0.717) is 6.54 Å². The van der Waals surface area contributed by atoms with Gasteiger partial charge in [0.25, 0.3) is 0 Å². The fourth-order valence-electron chi connectivity index (χ4n) is 3.81. The second-order valence-electron chi connectivity index (χ2n) is 6.10. The molecular weight excluding hydrogens is 292 g/mol. The Morgan fingerprint density at radius 2 is 2.05 bits per heavy atom. The van der Waals surface area contributed by atoms with Gasteiger partial charge in [0.05, 0.1) is 6.42 Å². The van der Waals surface area contributed by atoms with Crippen molar-refractivity contribution >= 4 is 11.9 Å². The lowest BCUT2D eigenvalue weighted by Crippen LogP contribution is -2.44. The third-order valence-corrected chi connectivity index (χ3v) is 4.82. The highest BCUT2D eigenvalue weighted by atomic mass is 19.1. The van der Waals surface area contributed by atoms with E-state index >= 15 is 0 Å². The largest absolute Gasteiger partial charge is 0.480 e. The molecule has 1 saturated heterocycles. The number of likely N-dealkylation sites (tertiary alicyclic amines) is 1. The van der Waals surface area contributed by atoms with Gasteiger partial charge in [-0.15, -0.1) is 0 Å². The number of nitrogens with zero attached hydrogens (tertiary/aromatic N) is 1. The van der Waals surface area contributed by atoms with E-state index < -0.39 is 29.6 Å². The van der Waals surface area contributed by atoms with Crippen LogP contribution in [-0.2, 0) is 16.0 Å². The van der Waals surface area contributed by atoms with Gasteiger partial charge >= 0.3 is 5.97 Å². The summed E-state index contributed by atoms with van der Waals surface area (Å²) in [4.78, 5) is 25.3. The number of aliphatic carboxylic acids is 1. The molecule has 1 saturated carbocycles. The summed E-state index contributed by atoms with van der Waals surface area (Å²) >= 11 is 0. The summed E-state index contributed by atoms with van der Waals surface area (Å²) in [6.45, 7) is 0.420. The molecule has 118 valence electrons. The van der Waals surface area contributed by atoms with E-state index in [1.807, 2.05) is 0 Å². The zero-order valence-corrected chi connectivity index (χ0v) is 12.0. The van der Waals surface area contributed by atoms with Gasteiger partial charge in [0.15, 0.2) is 0 Å². The predicted molar refractivity (Wildman–Crippen MR) is 74.0 cm³/mol. The number of rotatable bonds is 3. The third-order valence-electron chi connectivity index (χ3n) is 4.82. The lowest BCUT2D eigenvalue weighted by atomic mass is 9.94. The maximum Gasteiger partial charge on any atom is 0.326 e. The van der Waals surface area contributed by atoms with Crippen LogP contribution in [0.5, 0.6) is 0 Å². The molecule has 0 aromatic heterocycles. The number of carboxylic acid groups (broad SMARTS) is 1. The molecule has 0 radical (unpaired) electrons. The number of carbonyl (C=O) groups excluding carboxylic acids is 1. The van der Waals surface area contributed by atoms with E-state index in [9.17, 15) is 23.5 Å². The normalized spacial score (nSPS) is 27.0. The number of fused-ring (bicyclic) bond motifs is 1. The van der Waals surface area contributed by atoms with Gasteiger partial charge in [0.2, 0.25) is 5.91 Å². The Labute approximate surface area is 126 Å². The molecular formula is C16H17F2NO3. The number of amides is 1. The standard InChI is InChI=1S/C16H17F2NO3/c17-11-5-4-9(13(18)7-11)6-14(20)19-8-10-2-1-3-12(10)15(19)16(21)22/h4-5,7,10,12,15H,1-3,6,8H2,(H,21,22). The Balaban J connectivity index is 1.78. The van der Waals surface area contributed by atoms with E-state index in [4.69, 9.17) is 0 Å². The summed E-state index contributed by atoms with van der Waals surface area (Å²) in [6.07, 6.45) is 2.50. The van der Waals surface area contributed by atoms with Gasteiger partial charge in [-0.2, -0.15) is 0 Å². The number of hydrogen-bond acceptors (Lipinski definition) is 2. The minimum absolute atomic E-state index is 0.000449. The van der Waals surface area contributed by atoms with Gasteiger partial charge in [0.1, 0.15) is 17.7 Å². The molecule has 0 bridgehead atoms. The molecule has 1 aliphatic heterocycles. The molecule has 3 unspecified atom stereocenters. The molecule has 1 aromatic carbocycles. The summed E-state index contributed by atoms with van der Waals surface area (Å²) in [5, 5.41) is 9.42. The molecule has 3 rings (SSSR count). The quantitative estimate of drug-likeness (QED) is 0.931. The van der Waals surface area contributed by atoms with E-state index in [1.165, 1.54) is 11.0 Å². The van der Waals surface area contributed by atoms with Crippen molar-refractivity contribution in [3.8, 4) is 0 Å². The first-order chi connectivity index (χ1) is 10.5. The van der Waals surface area contributed by atoms with Crippen LogP contribution in [0.2, 0.25) is 0 Å². The van der Waals surface area contributed by atoms with Crippen LogP contribution in [0, 0.1) is 23.5 Å². The minimum atomic E-state index is -0.998. The molecule has 3 atom stereocenters. The Bertz CT molecular complexity index is 619. The topological polar surface area (TPSA) is 57.6 Å². The first-order valence-corrected chi connectivity index (χ1v) is 7.43. The Morgan fingerprint density at radius 1 is 1.27 bits per heavy atom. The fourth-order valence-corrected chi connectivity index (χ4v) is 3.81. The number of hydrogen-bond donors (Lipinski definition) is 1. The minimum Gasteiger partial charge on any atom is -0.480 e. The van der Waals surface area contributed by atoms with Crippen LogP contribution in [0.25, 0.3) is 0 Å². The van der Waals surface area contributed by atoms with Crippen molar-refractivity contribution in [2.24, 2.45) is 11.8 Å². The van der Waals surface area contributed by atoms with Crippen LogP contribution in [0.15, 0.2) is 18.2 Å². The first-order valence-electron chi connectivity index (χ1n) is 7.43. The van der Waals surface area contributed by atoms with Crippen molar-refractivity contribution in [3.05, 3.63) is 35.4 Å². The van der Waals surface area contributed by atoms with Crippen LogP contribution in [0.4, 0.5) is 8.78 Å². The summed E-state index contributed by atoms with van der Waals surface area (Å²) in [5.74, 6) is -2.66. The summed E-state index contributed by atoms with van der Waals surface area (Å²) < 4.78 is 26.6. The van der Waals surface area contributed by atoms with Gasteiger partial charge in [0, 0.05) is 12.6 Å². The van der Waals surface area contributed by atoms with Crippen molar-refractivity contribution in [1.82, 2.24) is 4.90 Å². The van der Waals surface area contributed by atoms with Crippen LogP contribution < -0.4 is 0 Å². The van der Waals surface area contributed by atoms with Crippen molar-refractivity contribution in [2.45, 2.75) is 31.7 Å². The molecule has 4 nitrogen and oxygen atoms in total. The highest BCUT2D eigenvalue weighted by Gasteiger charge is 2.49. The zero-order valence-electron chi connectivity index (χ0n) is 12.0. The van der Waals surface area contributed by atoms with Crippen molar-refractivity contribution in [1.29, 1.82) is 0 Å². The molecule has 0 spiro atoms. The lowest BCUT2D eigenvalue weighted by molar-refractivity contribution is -0.149. The van der Waals surface area contributed by atoms with Crippen LogP contribution >= 0.6 is 0 Å². The molecule has 2 aliphatic rings. The van der Waals surface area contributed by atoms with Gasteiger partial charge in [-0.1, -0.05) is 12.5 Å². The van der Waals surface area contributed by atoms with E-state index in [2.05, 4.69) is 0 Å². The van der Waals surface area contributed by atoms with Gasteiger partial charge in [-0.25, -0.2) is 13.6 Å². The van der Waals surface area contributed by atoms with Crippen molar-refractivity contribution in [2.75, 3.05) is 6.54 Å². The van der Waals surface area contributed by atoms with Crippen LogP contribution in [0.3, 0.4) is 0 Å². The smallest absolute Gasteiger partial charge is 0.326 e. The van der Waals surface area contributed by atoms with Gasteiger partial charge in [-0.05, 0) is 36.3 Å². The van der Waals surface area contributed by atoms with Crippen molar-refractivity contribution in [3.63, 3.8) is 0 Å². The predicted octanol–water partition coefficient (Wildman–Crippen LogP) is 2.22. The molecule has 22 heavy (non-hydrogen) atoms. The molecule has 6 heteroatoms. The number of carbonyl (C=O) groups is 2. The lowest BCUT2D eigenvalue weighted by Gasteiger charge is -2.24. The Hall–Kier alpha value is -1.98. The second-order valence-corrected chi connectivity index (χ2v) is 6.10. The molecule has 2 fully saturated rings. The first kappa shape index (κ1) is 14.9. The summed E-state index contributed by atoms with van der Waals surface area (Å²) in [5.41, 5.74) is 0.0904. The average molecular weight is 309 g/mol. The van der Waals surface area contributed by atoms with Gasteiger partial charge < -0.3 is 10.0 Å². The monoisotopic (exact) mass is 309 g/mol. The molecule has 1 aliphatic carbocycles. The summed E-state index contributed by atoms with van der Waals surface area (Å²) in [6, 6.07) is 2.24. The van der Waals surface area contributed by atoms with E-state index in [-0.39, 0.29) is 23.8 Å². The maximum absolute atomic E-state index is 13.7. The number of benzene rings is 1. The fraction of sp³-hybridized carbons (Fsp3) is 0.500. The van der Waals surface area contributed by atoms with E-state index in [0.717, 1.165) is 31.4 Å². The highest BCUT2D eigenvalue weighted by Crippen LogP contribution is 2.42. The van der Waals surface area contributed by atoms with Crippen LogP contribution in [-0.4, -0.2) is 34.5 Å². The second kappa shape index (κ2) is 5.66. The third kappa shape index (κ3) is 2.58. The highest BCUT2D eigenvalue weighted by molar-refractivity contribution is 5.86. The number of carboxylic acids is 1. The Kier molecular flexibility index (Phi) is 3.85. The van der Waals surface area contributed by atoms with E-state index in [1.54, 1.807) is 0 Å². The number of halogens is 2. The maximum atomic E-state index is 13.7. The SMILES string of the molecule is O=C(O)C1C2CCCC2CN1C(=O)Cc1ccc(F)cc1F. The zero-order chi connectivity index (χ0) is 15.9. The van der Waals surface area contributed by atoms with Crippen LogP contribution in [0.1, 0.15) is 24.8 Å². The molecule has 1 N–H and O–H groups in total. The average Bonchev–Trinajstić information content (AvgIpc) is 3.01. The molecule has 1 heterocycles. The molecule has 1 aromatic rings. The van der Waals surface area contributed by atoms with Crippen molar-refractivity contribution < 1.29 is 23.5 Å². The molecule has 1 amide bonds. The Morgan fingerprint density at radius 3 is 2.73 bits per heavy atom. The summed E-state index contributed by atoms with van der Waals surface area (Å²) in [7, 11) is 0. The van der Waals surface area contributed by atoms with Gasteiger partial charge in [-0.3, -0.25) is 4.79 Å².